The predicted octanol–water partition coefficient (Wildman–Crippen LogP) is 4.07. The van der Waals surface area contributed by atoms with E-state index in [0.29, 0.717) is 23.8 Å². The second-order valence-electron chi connectivity index (χ2n) is 6.51. The highest BCUT2D eigenvalue weighted by molar-refractivity contribution is 7.97. The minimum absolute atomic E-state index is 0.422. The van der Waals surface area contributed by atoms with Gasteiger partial charge in [0.2, 0.25) is 5.95 Å². The Balaban J connectivity index is 1.38. The van der Waals surface area contributed by atoms with Gasteiger partial charge in [-0.05, 0) is 68.3 Å². The molecule has 0 aliphatic rings. The third-order valence-corrected chi connectivity index (χ3v) is 4.78. The molecule has 28 heavy (non-hydrogen) atoms. The highest BCUT2D eigenvalue weighted by Crippen LogP contribution is 2.23. The van der Waals surface area contributed by atoms with E-state index in [2.05, 4.69) is 49.3 Å². The third-order valence-electron chi connectivity index (χ3n) is 3.90. The van der Waals surface area contributed by atoms with Gasteiger partial charge in [0, 0.05) is 22.7 Å². The Labute approximate surface area is 166 Å². The van der Waals surface area contributed by atoms with E-state index < -0.39 is 0 Å². The molecule has 0 amide bonds. The smallest absolute Gasteiger partial charge is 0.223 e. The number of hydrogen-bond donors (Lipinski definition) is 4. The molecule has 4 rings (SSSR count). The summed E-state index contributed by atoms with van der Waals surface area (Å²) in [7, 11) is 0. The Hall–Kier alpha value is -3.04. The summed E-state index contributed by atoms with van der Waals surface area (Å²) in [6.07, 6.45) is 1.79. The summed E-state index contributed by atoms with van der Waals surface area (Å²) in [5.41, 5.74) is 2.81. The molecule has 2 heterocycles. The molecule has 0 fully saturated rings. The maximum atomic E-state index is 5.69. The number of aromatic amines is 2. The normalized spacial score (nSPS) is 11.2. The summed E-state index contributed by atoms with van der Waals surface area (Å²) >= 11 is 1.55. The van der Waals surface area contributed by atoms with Crippen LogP contribution in [0, 0.1) is 0 Å². The second-order valence-corrected chi connectivity index (χ2v) is 7.27. The van der Waals surface area contributed by atoms with Crippen LogP contribution in [-0.2, 0) is 0 Å². The van der Waals surface area contributed by atoms with Crippen LogP contribution in [0.25, 0.3) is 22.3 Å². The largest absolute Gasteiger partial charge is 0.482 e. The zero-order valence-corrected chi connectivity index (χ0v) is 16.4. The van der Waals surface area contributed by atoms with Crippen molar-refractivity contribution >= 4 is 34.5 Å². The van der Waals surface area contributed by atoms with Gasteiger partial charge in [0.1, 0.15) is 11.7 Å². The first-order valence-electron chi connectivity index (χ1n) is 8.90. The van der Waals surface area contributed by atoms with E-state index in [4.69, 9.17) is 4.74 Å². The quantitative estimate of drug-likeness (QED) is 0.202. The standard InChI is InChI=1S/C19H21N7OS/c1-12(2)26-28-11-27-16-6-3-13(4-7-16)18-22-19(25-24-18)21-15-5-8-17-14(9-15)10-20-23-17/h3-10,12,26H,11H2,1-2H3,(H,20,23)(H2,21,22,24,25). The first-order chi connectivity index (χ1) is 13.7. The van der Waals surface area contributed by atoms with Crippen LogP contribution in [-0.4, -0.2) is 37.4 Å². The predicted molar refractivity (Wildman–Crippen MR) is 113 cm³/mol. The third kappa shape index (κ3) is 4.44. The number of ether oxygens (including phenoxy) is 1. The Morgan fingerprint density at radius 1 is 1.11 bits per heavy atom. The Bertz CT molecular complexity index is 1040. The zero-order chi connectivity index (χ0) is 19.3. The van der Waals surface area contributed by atoms with Crippen molar-refractivity contribution in [3.05, 3.63) is 48.7 Å². The lowest BCUT2D eigenvalue weighted by atomic mass is 10.2. The van der Waals surface area contributed by atoms with Gasteiger partial charge < -0.3 is 10.1 Å². The molecule has 4 N–H and O–H groups in total. The number of nitrogens with one attached hydrogen (secondary N) is 4. The van der Waals surface area contributed by atoms with Crippen molar-refractivity contribution in [3.8, 4) is 17.1 Å². The fourth-order valence-corrected chi connectivity index (χ4v) is 3.20. The monoisotopic (exact) mass is 395 g/mol. The molecule has 0 bridgehead atoms. The number of fused-ring (bicyclic) bond motifs is 1. The van der Waals surface area contributed by atoms with Crippen LogP contribution in [0.5, 0.6) is 5.75 Å². The summed E-state index contributed by atoms with van der Waals surface area (Å²) in [6, 6.07) is 14.1. The molecule has 0 aliphatic heterocycles. The summed E-state index contributed by atoms with van der Waals surface area (Å²) in [5.74, 6) is 2.56. The summed E-state index contributed by atoms with van der Waals surface area (Å²) < 4.78 is 8.93. The Morgan fingerprint density at radius 3 is 2.79 bits per heavy atom. The SMILES string of the molecule is CC(C)NSCOc1ccc(-c2n[nH]c(Nc3ccc4[nH]ncc4c3)n2)cc1. The highest BCUT2D eigenvalue weighted by Gasteiger charge is 2.07. The number of benzene rings is 2. The lowest BCUT2D eigenvalue weighted by Crippen LogP contribution is -2.15. The van der Waals surface area contributed by atoms with E-state index in [1.54, 1.807) is 18.1 Å². The van der Waals surface area contributed by atoms with Crippen molar-refractivity contribution in [1.29, 1.82) is 0 Å². The van der Waals surface area contributed by atoms with Gasteiger partial charge in [-0.2, -0.15) is 15.2 Å². The molecule has 2 aromatic carbocycles. The molecular weight excluding hydrogens is 374 g/mol. The van der Waals surface area contributed by atoms with Gasteiger partial charge >= 0.3 is 0 Å². The van der Waals surface area contributed by atoms with E-state index in [-0.39, 0.29) is 0 Å². The van der Waals surface area contributed by atoms with Crippen molar-refractivity contribution in [3.63, 3.8) is 0 Å². The summed E-state index contributed by atoms with van der Waals surface area (Å²) in [6.45, 7) is 4.19. The first-order valence-corrected chi connectivity index (χ1v) is 9.89. The molecule has 2 aromatic heterocycles. The molecule has 0 radical (unpaired) electrons. The number of anilines is 2. The van der Waals surface area contributed by atoms with Crippen molar-refractivity contribution in [2.24, 2.45) is 0 Å². The molecule has 0 spiro atoms. The van der Waals surface area contributed by atoms with Crippen LogP contribution in [0.3, 0.4) is 0 Å². The van der Waals surface area contributed by atoms with Crippen LogP contribution in [0.15, 0.2) is 48.7 Å². The number of nitrogens with zero attached hydrogens (tertiary/aromatic N) is 3. The highest BCUT2D eigenvalue weighted by atomic mass is 32.2. The summed E-state index contributed by atoms with van der Waals surface area (Å²) in [5, 5.41) is 18.4. The topological polar surface area (TPSA) is 104 Å². The van der Waals surface area contributed by atoms with E-state index in [1.807, 2.05) is 42.5 Å². The molecule has 144 valence electrons. The summed E-state index contributed by atoms with van der Waals surface area (Å²) in [4.78, 5) is 4.51. The second kappa shape index (κ2) is 8.32. The van der Waals surface area contributed by atoms with Crippen molar-refractivity contribution in [1.82, 2.24) is 30.1 Å². The van der Waals surface area contributed by atoms with Crippen LogP contribution in [0.1, 0.15) is 13.8 Å². The van der Waals surface area contributed by atoms with Gasteiger partial charge in [-0.25, -0.2) is 5.10 Å². The Morgan fingerprint density at radius 2 is 1.96 bits per heavy atom. The van der Waals surface area contributed by atoms with Gasteiger partial charge in [0.25, 0.3) is 0 Å². The number of H-pyrrole nitrogens is 2. The minimum atomic E-state index is 0.422. The Kier molecular flexibility index (Phi) is 5.45. The molecule has 0 unspecified atom stereocenters. The lowest BCUT2D eigenvalue weighted by molar-refractivity contribution is 0.391. The van der Waals surface area contributed by atoms with Gasteiger partial charge in [0.05, 0.1) is 11.7 Å². The van der Waals surface area contributed by atoms with Gasteiger partial charge in [-0.3, -0.25) is 9.82 Å². The van der Waals surface area contributed by atoms with Crippen molar-refractivity contribution in [2.45, 2.75) is 19.9 Å². The fraction of sp³-hybridized carbons (Fsp3) is 0.211. The minimum Gasteiger partial charge on any atom is -0.482 e. The molecule has 0 aliphatic carbocycles. The molecule has 0 atom stereocenters. The molecule has 0 saturated carbocycles. The maximum Gasteiger partial charge on any atom is 0.223 e. The first kappa shape index (κ1) is 18.3. The number of hydrogen-bond acceptors (Lipinski definition) is 7. The van der Waals surface area contributed by atoms with E-state index >= 15 is 0 Å². The average molecular weight is 395 g/mol. The van der Waals surface area contributed by atoms with E-state index in [1.165, 1.54) is 0 Å². The van der Waals surface area contributed by atoms with Crippen LogP contribution < -0.4 is 14.8 Å². The fourth-order valence-electron chi connectivity index (χ4n) is 2.60. The number of aromatic nitrogens is 5. The van der Waals surface area contributed by atoms with E-state index in [0.717, 1.165) is 27.9 Å². The lowest BCUT2D eigenvalue weighted by Gasteiger charge is -2.09. The maximum absolute atomic E-state index is 5.69. The van der Waals surface area contributed by atoms with Crippen LogP contribution >= 0.6 is 11.9 Å². The van der Waals surface area contributed by atoms with E-state index in [9.17, 15) is 0 Å². The zero-order valence-electron chi connectivity index (χ0n) is 15.6. The number of rotatable bonds is 8. The van der Waals surface area contributed by atoms with Crippen LogP contribution in [0.4, 0.5) is 11.6 Å². The van der Waals surface area contributed by atoms with Gasteiger partial charge in [-0.1, -0.05) is 0 Å². The van der Waals surface area contributed by atoms with Gasteiger partial charge in [-0.15, -0.1) is 0 Å². The van der Waals surface area contributed by atoms with Gasteiger partial charge in [0.15, 0.2) is 5.82 Å². The average Bonchev–Trinajstić information content (AvgIpc) is 3.35. The molecule has 8 nitrogen and oxygen atoms in total. The van der Waals surface area contributed by atoms with Crippen molar-refractivity contribution < 1.29 is 4.74 Å². The molecular formula is C19H21N7OS. The molecule has 9 heteroatoms. The molecule has 4 aromatic rings. The van der Waals surface area contributed by atoms with Crippen LogP contribution in [0.2, 0.25) is 0 Å². The van der Waals surface area contributed by atoms with Crippen molar-refractivity contribution in [2.75, 3.05) is 11.3 Å². The molecule has 0 saturated heterocycles.